The molecule has 0 amide bonds. The highest BCUT2D eigenvalue weighted by atomic mass is 35.5. The highest BCUT2D eigenvalue weighted by Crippen LogP contribution is 2.37. The van der Waals surface area contributed by atoms with E-state index < -0.39 is 0 Å². The van der Waals surface area contributed by atoms with Gasteiger partial charge in [-0.1, -0.05) is 72.8 Å². The lowest BCUT2D eigenvalue weighted by atomic mass is 9.88. The summed E-state index contributed by atoms with van der Waals surface area (Å²) in [7, 11) is 1.57. The summed E-state index contributed by atoms with van der Waals surface area (Å²) in [4.78, 5) is 18.3. The molecule has 1 fully saturated rings. The quantitative estimate of drug-likeness (QED) is 0.252. The van der Waals surface area contributed by atoms with Gasteiger partial charge in [0.1, 0.15) is 12.4 Å². The second-order valence-electron chi connectivity index (χ2n) is 9.50. The summed E-state index contributed by atoms with van der Waals surface area (Å²) in [5.41, 5.74) is 3.44. The largest absolute Gasteiger partial charge is 0.493 e. The topological polar surface area (TPSA) is 65.7 Å². The van der Waals surface area contributed by atoms with E-state index in [9.17, 15) is 4.79 Å². The molecule has 0 N–H and O–H groups in total. The monoisotopic (exact) mass is 515 g/mol. The second-order valence-corrected chi connectivity index (χ2v) is 9.90. The fourth-order valence-electron chi connectivity index (χ4n) is 4.91. The van der Waals surface area contributed by atoms with Gasteiger partial charge in [-0.2, -0.15) is 9.78 Å². The van der Waals surface area contributed by atoms with Crippen LogP contribution in [0.4, 0.5) is 0 Å². The molecule has 1 aromatic heterocycles. The Labute approximate surface area is 221 Å². The summed E-state index contributed by atoms with van der Waals surface area (Å²) >= 11 is 6.61. The second kappa shape index (κ2) is 11.2. The van der Waals surface area contributed by atoms with Gasteiger partial charge in [0.15, 0.2) is 11.5 Å². The first-order chi connectivity index (χ1) is 18.0. The fraction of sp³-hybridized carbons (Fsp3) is 0.300. The predicted octanol–water partition coefficient (Wildman–Crippen LogP) is 6.88. The average molecular weight is 516 g/mol. The predicted molar refractivity (Wildman–Crippen MR) is 148 cm³/mol. The molecule has 7 heteroatoms. The first-order valence-electron chi connectivity index (χ1n) is 12.7. The summed E-state index contributed by atoms with van der Waals surface area (Å²) < 4.78 is 13.1. The van der Waals surface area contributed by atoms with E-state index in [4.69, 9.17) is 26.1 Å². The van der Waals surface area contributed by atoms with E-state index in [1.165, 1.54) is 11.1 Å². The molecular formula is C30H30ClN3O3. The molecule has 0 spiro atoms. The molecule has 190 valence electrons. The number of fused-ring (bicyclic) bond motifs is 1. The van der Waals surface area contributed by atoms with Gasteiger partial charge in [-0.3, -0.25) is 4.79 Å². The zero-order chi connectivity index (χ0) is 25.8. The minimum atomic E-state index is -0.168. The lowest BCUT2D eigenvalue weighted by Gasteiger charge is -2.22. The van der Waals surface area contributed by atoms with E-state index in [0.717, 1.165) is 42.6 Å². The summed E-state index contributed by atoms with van der Waals surface area (Å²) in [6.07, 6.45) is 7.12. The van der Waals surface area contributed by atoms with Crippen LogP contribution in [0.5, 0.6) is 11.5 Å². The summed E-state index contributed by atoms with van der Waals surface area (Å²) in [5.74, 6) is 1.89. The Morgan fingerprint density at radius 3 is 2.68 bits per heavy atom. The van der Waals surface area contributed by atoms with Gasteiger partial charge in [0.05, 0.1) is 29.2 Å². The van der Waals surface area contributed by atoms with Gasteiger partial charge in [0.2, 0.25) is 0 Å². The molecule has 1 aliphatic carbocycles. The number of aromatic nitrogens is 2. The molecule has 37 heavy (non-hydrogen) atoms. The number of methoxy groups -OCH3 is 1. The molecule has 0 radical (unpaired) electrons. The van der Waals surface area contributed by atoms with Crippen molar-refractivity contribution in [1.29, 1.82) is 0 Å². The number of benzene rings is 3. The van der Waals surface area contributed by atoms with Gasteiger partial charge in [-0.05, 0) is 55.2 Å². The van der Waals surface area contributed by atoms with E-state index in [-0.39, 0.29) is 11.5 Å². The standard InChI is InChI=1S/C30H30ClN3O3/c1-20-9-8-10-21(15-20)19-37-28-25(31)16-22(17-27(28)36-2)18-32-34-29(23-11-4-3-5-12-23)33-26-14-7-6-13-24(26)30(34)35/h6-10,13-18,23H,3-5,11-12,19H2,1-2H3. The number of hydrogen-bond acceptors (Lipinski definition) is 5. The maximum Gasteiger partial charge on any atom is 0.282 e. The average Bonchev–Trinajstić information content (AvgIpc) is 2.92. The van der Waals surface area contributed by atoms with Crippen LogP contribution >= 0.6 is 11.6 Å². The molecule has 0 aliphatic heterocycles. The number of ether oxygens (including phenoxy) is 2. The van der Waals surface area contributed by atoms with Crippen LogP contribution in [0.3, 0.4) is 0 Å². The zero-order valence-corrected chi connectivity index (χ0v) is 21.9. The third-order valence-electron chi connectivity index (χ3n) is 6.79. The molecule has 1 saturated carbocycles. The number of halogens is 1. The zero-order valence-electron chi connectivity index (χ0n) is 21.1. The fourth-order valence-corrected chi connectivity index (χ4v) is 5.19. The molecular weight excluding hydrogens is 486 g/mol. The van der Waals surface area contributed by atoms with Crippen LogP contribution in [0.1, 0.15) is 60.5 Å². The smallest absolute Gasteiger partial charge is 0.282 e. The lowest BCUT2D eigenvalue weighted by molar-refractivity contribution is 0.284. The van der Waals surface area contributed by atoms with Crippen molar-refractivity contribution in [1.82, 2.24) is 9.66 Å². The van der Waals surface area contributed by atoms with Crippen LogP contribution < -0.4 is 15.0 Å². The Morgan fingerprint density at radius 1 is 1.08 bits per heavy atom. The molecule has 0 saturated heterocycles. The van der Waals surface area contributed by atoms with E-state index in [0.29, 0.717) is 39.6 Å². The third kappa shape index (κ3) is 5.54. The molecule has 4 aromatic rings. The Hall–Kier alpha value is -3.64. The minimum absolute atomic E-state index is 0.168. The first-order valence-corrected chi connectivity index (χ1v) is 13.0. The van der Waals surface area contributed by atoms with Crippen LogP contribution in [0.25, 0.3) is 10.9 Å². The van der Waals surface area contributed by atoms with Crippen molar-refractivity contribution in [3.8, 4) is 11.5 Å². The number of hydrogen-bond donors (Lipinski definition) is 0. The van der Waals surface area contributed by atoms with Gasteiger partial charge < -0.3 is 9.47 Å². The van der Waals surface area contributed by atoms with Crippen molar-refractivity contribution in [3.63, 3.8) is 0 Å². The van der Waals surface area contributed by atoms with Gasteiger partial charge >= 0.3 is 0 Å². The summed E-state index contributed by atoms with van der Waals surface area (Å²) in [5, 5.41) is 5.57. The Kier molecular flexibility index (Phi) is 7.56. The van der Waals surface area contributed by atoms with E-state index in [1.807, 2.05) is 43.3 Å². The van der Waals surface area contributed by atoms with Crippen molar-refractivity contribution in [3.05, 3.63) is 98.6 Å². The molecule has 0 atom stereocenters. The maximum atomic E-state index is 13.4. The maximum absolute atomic E-state index is 13.4. The highest BCUT2D eigenvalue weighted by Gasteiger charge is 2.22. The van der Waals surface area contributed by atoms with Crippen LogP contribution in [-0.2, 0) is 6.61 Å². The van der Waals surface area contributed by atoms with Crippen molar-refractivity contribution in [2.24, 2.45) is 5.10 Å². The number of para-hydroxylation sites is 1. The minimum Gasteiger partial charge on any atom is -0.493 e. The van der Waals surface area contributed by atoms with Crippen molar-refractivity contribution < 1.29 is 9.47 Å². The van der Waals surface area contributed by atoms with Crippen molar-refractivity contribution in [2.45, 2.75) is 51.6 Å². The van der Waals surface area contributed by atoms with Gasteiger partial charge in [-0.25, -0.2) is 4.98 Å². The van der Waals surface area contributed by atoms with Crippen LogP contribution in [0.15, 0.2) is 70.6 Å². The third-order valence-corrected chi connectivity index (χ3v) is 7.07. The summed E-state index contributed by atoms with van der Waals surface area (Å²) in [6, 6.07) is 19.1. The Morgan fingerprint density at radius 2 is 1.89 bits per heavy atom. The molecule has 6 nitrogen and oxygen atoms in total. The molecule has 1 heterocycles. The highest BCUT2D eigenvalue weighted by molar-refractivity contribution is 6.32. The Balaban J connectivity index is 1.48. The van der Waals surface area contributed by atoms with Gasteiger partial charge in [-0.15, -0.1) is 0 Å². The Bertz CT molecular complexity index is 1510. The number of aryl methyl sites for hydroxylation is 1. The van der Waals surface area contributed by atoms with E-state index in [1.54, 1.807) is 31.5 Å². The first kappa shape index (κ1) is 25.0. The van der Waals surface area contributed by atoms with E-state index in [2.05, 4.69) is 11.2 Å². The SMILES string of the molecule is COc1cc(C=Nn2c(C3CCCCC3)nc3ccccc3c2=O)cc(Cl)c1OCc1cccc(C)c1. The van der Waals surface area contributed by atoms with Crippen LogP contribution in [-0.4, -0.2) is 23.0 Å². The number of nitrogens with zero attached hydrogens (tertiary/aromatic N) is 3. The van der Waals surface area contributed by atoms with Gasteiger partial charge in [0, 0.05) is 5.92 Å². The molecule has 0 unspecified atom stereocenters. The lowest BCUT2D eigenvalue weighted by Crippen LogP contribution is -2.25. The molecule has 3 aromatic carbocycles. The van der Waals surface area contributed by atoms with Crippen molar-refractivity contribution in [2.75, 3.05) is 7.11 Å². The summed E-state index contributed by atoms with van der Waals surface area (Å²) in [6.45, 7) is 2.41. The normalized spacial score (nSPS) is 14.4. The molecule has 5 rings (SSSR count). The van der Waals surface area contributed by atoms with Crippen LogP contribution in [0, 0.1) is 6.92 Å². The van der Waals surface area contributed by atoms with Crippen LogP contribution in [0.2, 0.25) is 5.02 Å². The molecule has 0 bridgehead atoms. The van der Waals surface area contributed by atoms with Crippen molar-refractivity contribution >= 4 is 28.7 Å². The number of rotatable bonds is 7. The molecule has 1 aliphatic rings. The van der Waals surface area contributed by atoms with Gasteiger partial charge in [0.25, 0.3) is 5.56 Å². The van der Waals surface area contributed by atoms with E-state index >= 15 is 0 Å².